The molecule has 2 aromatic heterocycles. The van der Waals surface area contributed by atoms with E-state index in [1.165, 1.54) is 74.7 Å². The fourth-order valence-electron chi connectivity index (χ4n) is 8.72. The van der Waals surface area contributed by atoms with Gasteiger partial charge in [-0.2, -0.15) is 0 Å². The normalized spacial score (nSPS) is 11.9. The second kappa shape index (κ2) is 11.9. The van der Waals surface area contributed by atoms with Gasteiger partial charge in [0.25, 0.3) is 0 Å². The Bertz CT molecular complexity index is 3300. The molecule has 0 N–H and O–H groups in total. The minimum absolute atomic E-state index is 0.907. The van der Waals surface area contributed by atoms with Gasteiger partial charge >= 0.3 is 0 Å². The van der Waals surface area contributed by atoms with E-state index in [0.717, 1.165) is 44.2 Å². The molecule has 2 heterocycles. The molecule has 11 rings (SSSR count). The van der Waals surface area contributed by atoms with E-state index in [9.17, 15) is 0 Å². The molecule has 0 amide bonds. The molecule has 0 bridgehead atoms. The van der Waals surface area contributed by atoms with E-state index in [0.29, 0.717) is 0 Å². The van der Waals surface area contributed by atoms with Crippen LogP contribution in [0, 0.1) is 0 Å². The van der Waals surface area contributed by atoms with Crippen molar-refractivity contribution in [2.45, 2.75) is 0 Å². The Balaban J connectivity index is 1.05. The molecule has 0 aliphatic rings. The SMILES string of the molecule is C=Cc1ccccc1C(=C)c1c2ccccc2c(-c2ccc(-c3ccc4oc5c(ccc6ccc7sc8ccccc8c7c65)c4c3)cc2)c2ccccc12. The molecule has 0 unspecified atom stereocenters. The summed E-state index contributed by atoms with van der Waals surface area (Å²) in [6.07, 6.45) is 1.92. The fraction of sp³-hybridized carbons (Fsp3) is 0. The Morgan fingerprint density at radius 3 is 1.89 bits per heavy atom. The summed E-state index contributed by atoms with van der Waals surface area (Å²) >= 11 is 1.85. The molecule has 1 nitrogen and oxygen atoms in total. The summed E-state index contributed by atoms with van der Waals surface area (Å²) < 4.78 is 9.29. The Morgan fingerprint density at radius 2 is 1.13 bits per heavy atom. The minimum Gasteiger partial charge on any atom is -0.455 e. The lowest BCUT2D eigenvalue weighted by Crippen LogP contribution is -1.96. The van der Waals surface area contributed by atoms with E-state index in [1.54, 1.807) is 0 Å². The molecule has 0 atom stereocenters. The summed E-state index contributed by atoms with van der Waals surface area (Å²) in [6.45, 7) is 8.75. The van der Waals surface area contributed by atoms with Gasteiger partial charge < -0.3 is 4.42 Å². The van der Waals surface area contributed by atoms with E-state index in [-0.39, 0.29) is 0 Å². The number of thiophene rings is 1. The smallest absolute Gasteiger partial charge is 0.143 e. The van der Waals surface area contributed by atoms with E-state index >= 15 is 0 Å². The zero-order valence-corrected chi connectivity index (χ0v) is 30.2. The van der Waals surface area contributed by atoms with E-state index in [4.69, 9.17) is 4.42 Å². The van der Waals surface area contributed by atoms with Crippen LogP contribution in [0.25, 0.3) is 108 Å². The summed E-state index contributed by atoms with van der Waals surface area (Å²) in [5.74, 6) is 0. The molecule has 0 aliphatic carbocycles. The quantitative estimate of drug-likeness (QED) is 0.163. The lowest BCUT2D eigenvalue weighted by molar-refractivity contribution is 0.673. The van der Waals surface area contributed by atoms with Crippen molar-refractivity contribution in [3.8, 4) is 22.3 Å². The van der Waals surface area contributed by atoms with Crippen LogP contribution in [0.15, 0.2) is 181 Å². The number of benzene rings is 9. The molecule has 0 fully saturated rings. The van der Waals surface area contributed by atoms with Gasteiger partial charge in [-0.1, -0.05) is 153 Å². The molecule has 0 aliphatic heterocycles. The Morgan fingerprint density at radius 1 is 0.500 bits per heavy atom. The van der Waals surface area contributed by atoms with Crippen LogP contribution >= 0.6 is 11.3 Å². The van der Waals surface area contributed by atoms with Crippen LogP contribution in [0.5, 0.6) is 0 Å². The highest BCUT2D eigenvalue weighted by molar-refractivity contribution is 7.26. The van der Waals surface area contributed by atoms with Gasteiger partial charge in [0.05, 0.1) is 0 Å². The molecule has 0 spiro atoms. The van der Waals surface area contributed by atoms with Gasteiger partial charge in [-0.05, 0) is 102 Å². The van der Waals surface area contributed by atoms with Crippen LogP contribution < -0.4 is 0 Å². The van der Waals surface area contributed by atoms with Crippen LogP contribution in [0.3, 0.4) is 0 Å². The molecule has 2 heteroatoms. The third-order valence-electron chi connectivity index (χ3n) is 11.2. The van der Waals surface area contributed by atoms with Gasteiger partial charge in [0.15, 0.2) is 0 Å². The van der Waals surface area contributed by atoms with Crippen molar-refractivity contribution in [2.75, 3.05) is 0 Å². The average Bonchev–Trinajstić information content (AvgIpc) is 3.81. The second-order valence-corrected chi connectivity index (χ2v) is 15.2. The number of furan rings is 1. The fourth-order valence-corrected chi connectivity index (χ4v) is 9.83. The van der Waals surface area contributed by atoms with Crippen molar-refractivity contribution in [3.63, 3.8) is 0 Å². The Hall–Kier alpha value is -6.74. The zero-order valence-electron chi connectivity index (χ0n) is 29.4. The first-order valence-corrected chi connectivity index (χ1v) is 19.1. The van der Waals surface area contributed by atoms with Crippen molar-refractivity contribution in [1.82, 2.24) is 0 Å². The third kappa shape index (κ3) is 4.51. The lowest BCUT2D eigenvalue weighted by Gasteiger charge is -2.20. The van der Waals surface area contributed by atoms with Crippen molar-refractivity contribution in [1.29, 1.82) is 0 Å². The van der Waals surface area contributed by atoms with Crippen LogP contribution in [0.4, 0.5) is 0 Å². The van der Waals surface area contributed by atoms with Gasteiger partial charge in [0.2, 0.25) is 0 Å². The first-order chi connectivity index (χ1) is 26.7. The van der Waals surface area contributed by atoms with E-state index < -0.39 is 0 Å². The van der Waals surface area contributed by atoms with Gasteiger partial charge in [-0.3, -0.25) is 0 Å². The van der Waals surface area contributed by atoms with Crippen molar-refractivity contribution >= 4 is 97.4 Å². The van der Waals surface area contributed by atoms with E-state index in [2.05, 4.69) is 177 Å². The molecule has 252 valence electrons. The standard InChI is InChI=1S/C52H32OS/c1-3-32-12-4-5-13-37(32)31(2)48-38-14-6-8-16-40(38)49(41-17-9-7-15-39(41)48)34-22-20-33(21-23-34)36-25-28-45-44(30-36)42-27-24-35-26-29-47-51(50(35)52(42)53-45)43-18-10-11-19-46(43)54-47/h3-30H,1-2H2. The first kappa shape index (κ1) is 30.8. The maximum Gasteiger partial charge on any atom is 0.143 e. The first-order valence-electron chi connectivity index (χ1n) is 18.3. The number of hydrogen-bond donors (Lipinski definition) is 0. The van der Waals surface area contributed by atoms with Crippen LogP contribution in [0.2, 0.25) is 0 Å². The maximum atomic E-state index is 6.70. The Labute approximate surface area is 316 Å². The van der Waals surface area contributed by atoms with Gasteiger partial charge in [0, 0.05) is 36.3 Å². The Kier molecular flexibility index (Phi) is 6.79. The molecule has 9 aromatic carbocycles. The molecule has 0 saturated heterocycles. The third-order valence-corrected chi connectivity index (χ3v) is 12.3. The van der Waals surface area contributed by atoms with Crippen molar-refractivity contribution < 1.29 is 4.42 Å². The molecule has 0 radical (unpaired) electrons. The van der Waals surface area contributed by atoms with Crippen molar-refractivity contribution in [2.24, 2.45) is 0 Å². The number of fused-ring (bicyclic) bond motifs is 11. The van der Waals surface area contributed by atoms with E-state index in [1.807, 2.05) is 17.4 Å². The maximum absolute atomic E-state index is 6.70. The predicted molar refractivity (Wildman–Crippen MR) is 235 cm³/mol. The zero-order chi connectivity index (χ0) is 35.9. The van der Waals surface area contributed by atoms with Gasteiger partial charge in [-0.15, -0.1) is 11.3 Å². The van der Waals surface area contributed by atoms with Crippen molar-refractivity contribution in [3.05, 3.63) is 194 Å². The van der Waals surface area contributed by atoms with Gasteiger partial charge in [-0.25, -0.2) is 0 Å². The number of rotatable bonds is 5. The minimum atomic E-state index is 0.907. The molecular weight excluding hydrogens is 673 g/mol. The summed E-state index contributed by atoms with van der Waals surface area (Å²) in [4.78, 5) is 0. The van der Waals surface area contributed by atoms with Gasteiger partial charge in [0.1, 0.15) is 11.2 Å². The largest absolute Gasteiger partial charge is 0.455 e. The highest BCUT2D eigenvalue weighted by atomic mass is 32.1. The topological polar surface area (TPSA) is 13.1 Å². The molecular formula is C52H32OS. The summed E-state index contributed by atoms with van der Waals surface area (Å²) in [5, 5.41) is 12.1. The predicted octanol–water partition coefficient (Wildman–Crippen LogP) is 15.5. The lowest BCUT2D eigenvalue weighted by atomic mass is 9.83. The number of hydrogen-bond acceptors (Lipinski definition) is 2. The highest BCUT2D eigenvalue weighted by Crippen LogP contribution is 2.46. The summed E-state index contributed by atoms with van der Waals surface area (Å²) in [6, 6.07) is 59.2. The second-order valence-electron chi connectivity index (χ2n) is 14.1. The molecule has 11 aromatic rings. The van der Waals surface area contributed by atoms with Crippen LogP contribution in [0.1, 0.15) is 16.7 Å². The summed E-state index contributed by atoms with van der Waals surface area (Å²) in [5.41, 5.74) is 11.0. The van der Waals surface area contributed by atoms with Crippen LogP contribution in [-0.4, -0.2) is 0 Å². The average molecular weight is 705 g/mol. The highest BCUT2D eigenvalue weighted by Gasteiger charge is 2.20. The molecule has 54 heavy (non-hydrogen) atoms. The molecule has 0 saturated carbocycles. The van der Waals surface area contributed by atoms with Crippen LogP contribution in [-0.2, 0) is 0 Å². The monoisotopic (exact) mass is 704 g/mol. The summed E-state index contributed by atoms with van der Waals surface area (Å²) in [7, 11) is 0.